The zero-order chi connectivity index (χ0) is 27.8. The van der Waals surface area contributed by atoms with Crippen molar-refractivity contribution in [3.8, 4) is 5.75 Å². The second-order valence-corrected chi connectivity index (χ2v) is 13.3. The first-order valence-corrected chi connectivity index (χ1v) is 14.9. The number of hydrogen-bond donors (Lipinski definition) is 2. The SMILES string of the molecule is CCCCOc1ccc([C@@]2(C(=O)N[C@@H]3C(=O)N4[C@@H]3SC(C)(C)[C@@H]4C(=O)O)CCC[C@@H]2Cc2ccccc2)cc1. The summed E-state index contributed by atoms with van der Waals surface area (Å²) < 4.78 is 5.24. The van der Waals surface area contributed by atoms with Crippen LogP contribution in [-0.2, 0) is 26.2 Å². The molecule has 2 aliphatic heterocycles. The van der Waals surface area contributed by atoms with Gasteiger partial charge in [-0.05, 0) is 68.7 Å². The number of nitrogens with zero attached hydrogens (tertiary/aromatic N) is 1. The van der Waals surface area contributed by atoms with E-state index in [1.807, 2.05) is 56.3 Å². The number of aliphatic carboxylic acids is 1. The molecule has 1 aliphatic carbocycles. The number of carbonyl (C=O) groups is 3. The average molecular weight is 551 g/mol. The number of nitrogens with one attached hydrogen (secondary N) is 1. The highest BCUT2D eigenvalue weighted by Crippen LogP contribution is 2.52. The Morgan fingerprint density at radius 1 is 1.13 bits per heavy atom. The molecular formula is C31H38N2O5S. The third kappa shape index (κ3) is 4.92. The molecule has 208 valence electrons. The molecule has 2 aromatic carbocycles. The largest absolute Gasteiger partial charge is 0.494 e. The van der Waals surface area contributed by atoms with Gasteiger partial charge in [-0.15, -0.1) is 11.8 Å². The van der Waals surface area contributed by atoms with Crippen LogP contribution in [0, 0.1) is 5.92 Å². The first-order valence-electron chi connectivity index (χ1n) is 14.0. The Bertz CT molecular complexity index is 1220. The molecule has 0 radical (unpaired) electrons. The van der Waals surface area contributed by atoms with Crippen LogP contribution in [0.4, 0.5) is 0 Å². The molecule has 1 saturated carbocycles. The lowest BCUT2D eigenvalue weighted by atomic mass is 9.69. The summed E-state index contributed by atoms with van der Waals surface area (Å²) in [6.07, 6.45) is 5.32. The van der Waals surface area contributed by atoms with E-state index in [1.54, 1.807) is 0 Å². The quantitative estimate of drug-likeness (QED) is 0.327. The van der Waals surface area contributed by atoms with Crippen LogP contribution in [0.15, 0.2) is 54.6 Å². The molecule has 0 bridgehead atoms. The molecule has 5 rings (SSSR count). The van der Waals surface area contributed by atoms with Crippen molar-refractivity contribution in [3.63, 3.8) is 0 Å². The van der Waals surface area contributed by atoms with Crippen LogP contribution in [0.1, 0.15) is 64.0 Å². The monoisotopic (exact) mass is 550 g/mol. The van der Waals surface area contributed by atoms with Crippen molar-refractivity contribution in [1.82, 2.24) is 10.2 Å². The number of thioether (sulfide) groups is 1. The van der Waals surface area contributed by atoms with Crippen molar-refractivity contribution in [2.45, 2.75) is 86.9 Å². The van der Waals surface area contributed by atoms with Gasteiger partial charge in [0.15, 0.2) is 0 Å². The number of hydrogen-bond acceptors (Lipinski definition) is 5. The highest BCUT2D eigenvalue weighted by Gasteiger charge is 2.65. The van der Waals surface area contributed by atoms with Crippen LogP contribution in [-0.4, -0.2) is 56.6 Å². The van der Waals surface area contributed by atoms with E-state index >= 15 is 0 Å². The molecule has 0 aromatic heterocycles. The number of carboxylic acids is 1. The van der Waals surface area contributed by atoms with Crippen LogP contribution in [0.5, 0.6) is 5.75 Å². The van der Waals surface area contributed by atoms with Crippen molar-refractivity contribution in [2.75, 3.05) is 6.61 Å². The molecule has 3 fully saturated rings. The number of amides is 2. The molecule has 7 nitrogen and oxygen atoms in total. The maximum atomic E-state index is 14.3. The van der Waals surface area contributed by atoms with E-state index in [1.165, 1.54) is 22.2 Å². The molecule has 0 unspecified atom stereocenters. The Labute approximate surface area is 234 Å². The number of fused-ring (bicyclic) bond motifs is 1. The van der Waals surface area contributed by atoms with Crippen LogP contribution in [0.2, 0.25) is 0 Å². The molecule has 39 heavy (non-hydrogen) atoms. The lowest BCUT2D eigenvalue weighted by molar-refractivity contribution is -0.161. The third-order valence-corrected chi connectivity index (χ3v) is 10.2. The maximum Gasteiger partial charge on any atom is 0.327 e. The normalized spacial score (nSPS) is 29.0. The highest BCUT2D eigenvalue weighted by atomic mass is 32.2. The third-order valence-electron chi connectivity index (χ3n) is 8.65. The Kier molecular flexibility index (Phi) is 7.68. The van der Waals surface area contributed by atoms with Gasteiger partial charge < -0.3 is 20.1 Å². The zero-order valence-corrected chi connectivity index (χ0v) is 23.7. The molecule has 2 saturated heterocycles. The van der Waals surface area contributed by atoms with Crippen LogP contribution in [0.3, 0.4) is 0 Å². The summed E-state index contributed by atoms with van der Waals surface area (Å²) in [7, 11) is 0. The summed E-state index contributed by atoms with van der Waals surface area (Å²) >= 11 is 1.45. The molecule has 5 atom stereocenters. The molecule has 2 aromatic rings. The van der Waals surface area contributed by atoms with Crippen LogP contribution in [0.25, 0.3) is 0 Å². The molecule has 2 amide bonds. The van der Waals surface area contributed by atoms with Crippen molar-refractivity contribution < 1.29 is 24.2 Å². The fraction of sp³-hybridized carbons (Fsp3) is 0.516. The first kappa shape index (κ1) is 27.6. The minimum atomic E-state index is -1.01. The average Bonchev–Trinajstić information content (AvgIpc) is 3.45. The Morgan fingerprint density at radius 3 is 2.51 bits per heavy atom. The number of rotatable bonds is 10. The lowest BCUT2D eigenvalue weighted by Crippen LogP contribution is -2.72. The Balaban J connectivity index is 1.43. The molecule has 8 heteroatoms. The predicted octanol–water partition coefficient (Wildman–Crippen LogP) is 4.78. The molecule has 0 spiro atoms. The number of carboxylic acid groups (broad SMARTS) is 1. The Hall–Kier alpha value is -3.00. The maximum absolute atomic E-state index is 14.3. The molecule has 2 N–H and O–H groups in total. The van der Waals surface area contributed by atoms with E-state index in [2.05, 4.69) is 24.4 Å². The van der Waals surface area contributed by atoms with Gasteiger partial charge in [-0.1, -0.05) is 62.2 Å². The van der Waals surface area contributed by atoms with Gasteiger partial charge >= 0.3 is 5.97 Å². The number of unbranched alkanes of at least 4 members (excludes halogenated alkanes) is 1. The van der Waals surface area contributed by atoms with Crippen molar-refractivity contribution in [3.05, 3.63) is 65.7 Å². The van der Waals surface area contributed by atoms with E-state index < -0.39 is 28.2 Å². The summed E-state index contributed by atoms with van der Waals surface area (Å²) in [5, 5.41) is 12.5. The van der Waals surface area contributed by atoms with E-state index in [-0.39, 0.29) is 23.1 Å². The fourth-order valence-electron chi connectivity index (χ4n) is 6.66. The Morgan fingerprint density at radius 2 is 1.85 bits per heavy atom. The number of β-lactam (4-membered cyclic amide) rings is 1. The van der Waals surface area contributed by atoms with Gasteiger partial charge in [-0.25, -0.2) is 4.79 Å². The minimum absolute atomic E-state index is 0.0671. The van der Waals surface area contributed by atoms with Gasteiger partial charge in [0.25, 0.3) is 0 Å². The first-order chi connectivity index (χ1) is 18.7. The van der Waals surface area contributed by atoms with Gasteiger partial charge in [0.05, 0.1) is 12.0 Å². The molecular weight excluding hydrogens is 512 g/mol. The topological polar surface area (TPSA) is 95.9 Å². The van der Waals surface area contributed by atoms with Crippen LogP contribution < -0.4 is 10.1 Å². The van der Waals surface area contributed by atoms with E-state index in [0.717, 1.165) is 43.4 Å². The molecule has 3 aliphatic rings. The van der Waals surface area contributed by atoms with E-state index in [9.17, 15) is 19.5 Å². The fourth-order valence-corrected chi connectivity index (χ4v) is 8.29. The smallest absolute Gasteiger partial charge is 0.327 e. The zero-order valence-electron chi connectivity index (χ0n) is 22.9. The number of carbonyl (C=O) groups excluding carboxylic acids is 2. The van der Waals surface area contributed by atoms with E-state index in [0.29, 0.717) is 13.0 Å². The van der Waals surface area contributed by atoms with Crippen molar-refractivity contribution in [2.24, 2.45) is 5.92 Å². The van der Waals surface area contributed by atoms with Gasteiger partial charge in [0.2, 0.25) is 11.8 Å². The predicted molar refractivity (Wildman–Crippen MR) is 152 cm³/mol. The summed E-state index contributed by atoms with van der Waals surface area (Å²) in [5.74, 6) is -0.612. The standard InChI is InChI=1S/C31H38N2O5S/c1-4-5-18-38-23-15-13-21(14-16-23)31(17-9-12-22(31)19-20-10-7-6-8-11-20)29(37)32-24-26(34)33-25(28(35)36)30(2,3)39-27(24)33/h6-8,10-11,13-16,22,24-25,27H,4-5,9,12,17-19H2,1-3H3,(H,32,37)(H,35,36)/t22-,24-,25+,27-,31+/m1/s1. The molecule has 2 heterocycles. The van der Waals surface area contributed by atoms with E-state index in [4.69, 9.17) is 4.74 Å². The van der Waals surface area contributed by atoms with Gasteiger partial charge in [-0.3, -0.25) is 9.59 Å². The van der Waals surface area contributed by atoms with Crippen molar-refractivity contribution >= 4 is 29.5 Å². The van der Waals surface area contributed by atoms with Gasteiger partial charge in [0.1, 0.15) is 23.2 Å². The lowest BCUT2D eigenvalue weighted by Gasteiger charge is -2.45. The second kappa shape index (κ2) is 10.9. The minimum Gasteiger partial charge on any atom is -0.494 e. The number of benzene rings is 2. The van der Waals surface area contributed by atoms with Gasteiger partial charge in [-0.2, -0.15) is 0 Å². The van der Waals surface area contributed by atoms with Crippen molar-refractivity contribution in [1.29, 1.82) is 0 Å². The summed E-state index contributed by atoms with van der Waals surface area (Å²) in [6, 6.07) is 16.5. The highest BCUT2D eigenvalue weighted by molar-refractivity contribution is 8.01. The van der Waals surface area contributed by atoms with Gasteiger partial charge in [0, 0.05) is 4.75 Å². The summed E-state index contributed by atoms with van der Waals surface area (Å²) in [5.41, 5.74) is 1.33. The number of ether oxygens (including phenoxy) is 1. The van der Waals surface area contributed by atoms with Crippen LogP contribution >= 0.6 is 11.8 Å². The summed E-state index contributed by atoms with van der Waals surface area (Å²) in [6.45, 7) is 6.48. The second-order valence-electron chi connectivity index (χ2n) is 11.5. The summed E-state index contributed by atoms with van der Waals surface area (Å²) in [4.78, 5) is 40.9.